The van der Waals surface area contributed by atoms with Gasteiger partial charge >= 0.3 is 15.6 Å². The molecule has 0 amide bonds. The van der Waals surface area contributed by atoms with Crippen LogP contribution in [0.2, 0.25) is 0 Å². The second-order valence-corrected chi connectivity index (χ2v) is 5.73. The molecule has 0 heterocycles. The Hall–Kier alpha value is -1.31. The molecular weight excluding hydrogens is 300 g/mol. The SMILES string of the molecule is CCCCCc1ccc(OS(=O)(=O)C(F)(F)F)cc1F. The molecule has 0 unspecified atom stereocenters. The zero-order valence-electron chi connectivity index (χ0n) is 10.7. The summed E-state index contributed by atoms with van der Waals surface area (Å²) >= 11 is 0. The number of benzene rings is 1. The van der Waals surface area contributed by atoms with E-state index in [0.29, 0.717) is 18.1 Å². The lowest BCUT2D eigenvalue weighted by molar-refractivity contribution is -0.0500. The normalized spacial score (nSPS) is 12.4. The van der Waals surface area contributed by atoms with E-state index in [9.17, 15) is 26.0 Å². The van der Waals surface area contributed by atoms with Crippen molar-refractivity contribution >= 4 is 10.1 Å². The lowest BCUT2D eigenvalue weighted by Gasteiger charge is -2.10. The van der Waals surface area contributed by atoms with Gasteiger partial charge in [-0.15, -0.1) is 0 Å². The highest BCUT2D eigenvalue weighted by molar-refractivity contribution is 7.87. The minimum Gasteiger partial charge on any atom is -0.376 e. The van der Waals surface area contributed by atoms with Gasteiger partial charge in [0.15, 0.2) is 0 Å². The minimum atomic E-state index is -5.77. The predicted molar refractivity (Wildman–Crippen MR) is 65.2 cm³/mol. The van der Waals surface area contributed by atoms with Gasteiger partial charge < -0.3 is 4.18 Å². The molecule has 0 bridgehead atoms. The van der Waals surface area contributed by atoms with E-state index in [4.69, 9.17) is 0 Å². The molecule has 1 aromatic carbocycles. The third-order valence-corrected chi connectivity index (χ3v) is 3.54. The van der Waals surface area contributed by atoms with E-state index in [1.165, 1.54) is 6.07 Å². The Kier molecular flexibility index (Phi) is 5.38. The molecule has 20 heavy (non-hydrogen) atoms. The maximum atomic E-state index is 13.6. The number of halogens is 4. The lowest BCUT2D eigenvalue weighted by atomic mass is 10.1. The summed E-state index contributed by atoms with van der Waals surface area (Å²) in [7, 11) is -5.77. The highest BCUT2D eigenvalue weighted by Crippen LogP contribution is 2.28. The van der Waals surface area contributed by atoms with Gasteiger partial charge in [0.05, 0.1) is 0 Å². The van der Waals surface area contributed by atoms with Crippen molar-refractivity contribution in [2.75, 3.05) is 0 Å². The average molecular weight is 314 g/mol. The van der Waals surface area contributed by atoms with Gasteiger partial charge in [0, 0.05) is 6.07 Å². The van der Waals surface area contributed by atoms with Crippen molar-refractivity contribution in [3.05, 3.63) is 29.6 Å². The molecular formula is C12H14F4O3S. The van der Waals surface area contributed by atoms with Crippen LogP contribution in [0.4, 0.5) is 17.6 Å². The molecule has 3 nitrogen and oxygen atoms in total. The number of rotatable bonds is 6. The van der Waals surface area contributed by atoms with Gasteiger partial charge in [0.25, 0.3) is 0 Å². The van der Waals surface area contributed by atoms with Crippen molar-refractivity contribution in [1.82, 2.24) is 0 Å². The van der Waals surface area contributed by atoms with Crippen LogP contribution in [0.15, 0.2) is 18.2 Å². The summed E-state index contributed by atoms with van der Waals surface area (Å²) in [5, 5.41) is 0. The monoisotopic (exact) mass is 314 g/mol. The summed E-state index contributed by atoms with van der Waals surface area (Å²) < 4.78 is 75.2. The molecule has 0 aliphatic heterocycles. The molecule has 0 atom stereocenters. The van der Waals surface area contributed by atoms with Gasteiger partial charge in [-0.1, -0.05) is 25.8 Å². The molecule has 0 spiro atoms. The molecule has 0 aliphatic rings. The second-order valence-electron chi connectivity index (χ2n) is 4.19. The third-order valence-electron chi connectivity index (χ3n) is 2.56. The fourth-order valence-corrected chi connectivity index (χ4v) is 1.97. The van der Waals surface area contributed by atoms with Crippen LogP contribution < -0.4 is 4.18 Å². The topological polar surface area (TPSA) is 43.4 Å². The Bertz CT molecular complexity index is 552. The van der Waals surface area contributed by atoms with Gasteiger partial charge in [0.2, 0.25) is 0 Å². The van der Waals surface area contributed by atoms with E-state index in [1.807, 2.05) is 6.92 Å². The number of aryl methyl sites for hydroxylation is 1. The summed E-state index contributed by atoms with van der Waals surface area (Å²) in [6.07, 6.45) is 3.03. The van der Waals surface area contributed by atoms with Gasteiger partial charge in [-0.25, -0.2) is 4.39 Å². The molecule has 0 aromatic heterocycles. The van der Waals surface area contributed by atoms with Gasteiger partial charge in [-0.3, -0.25) is 0 Å². The average Bonchev–Trinajstić information content (AvgIpc) is 2.30. The number of alkyl halides is 3. The Morgan fingerprint density at radius 2 is 1.85 bits per heavy atom. The first-order chi connectivity index (χ1) is 9.17. The molecule has 0 aliphatic carbocycles. The summed E-state index contributed by atoms with van der Waals surface area (Å²) in [4.78, 5) is 0. The van der Waals surface area contributed by atoms with Crippen LogP contribution in [0, 0.1) is 5.82 Å². The van der Waals surface area contributed by atoms with Crippen molar-refractivity contribution in [2.24, 2.45) is 0 Å². The summed E-state index contributed by atoms with van der Waals surface area (Å²) in [6, 6.07) is 2.88. The van der Waals surface area contributed by atoms with Crippen LogP contribution in [0.25, 0.3) is 0 Å². The van der Waals surface area contributed by atoms with Gasteiger partial charge in [0.1, 0.15) is 11.6 Å². The van der Waals surface area contributed by atoms with E-state index >= 15 is 0 Å². The van der Waals surface area contributed by atoms with E-state index in [0.717, 1.165) is 25.3 Å². The molecule has 0 N–H and O–H groups in total. The quantitative estimate of drug-likeness (QED) is 0.347. The van der Waals surface area contributed by atoms with Crippen LogP contribution in [0.5, 0.6) is 5.75 Å². The number of unbranched alkanes of at least 4 members (excludes halogenated alkanes) is 2. The number of hydrogen-bond acceptors (Lipinski definition) is 3. The first kappa shape index (κ1) is 16.7. The van der Waals surface area contributed by atoms with E-state index in [1.54, 1.807) is 0 Å². The van der Waals surface area contributed by atoms with E-state index < -0.39 is 27.2 Å². The first-order valence-electron chi connectivity index (χ1n) is 5.96. The predicted octanol–water partition coefficient (Wildman–Crippen LogP) is 3.79. The van der Waals surface area contributed by atoms with E-state index in [-0.39, 0.29) is 0 Å². The van der Waals surface area contributed by atoms with Crippen LogP contribution in [-0.2, 0) is 16.5 Å². The fourth-order valence-electron chi connectivity index (χ4n) is 1.52. The standard InChI is InChI=1S/C12H14F4O3S/c1-2-3-4-5-9-6-7-10(8-11(9)13)19-20(17,18)12(14,15)16/h6-8H,2-5H2,1H3. The highest BCUT2D eigenvalue weighted by atomic mass is 32.2. The van der Waals surface area contributed by atoms with Crippen LogP contribution in [0.1, 0.15) is 31.7 Å². The zero-order chi connectivity index (χ0) is 15.4. The van der Waals surface area contributed by atoms with Crippen molar-refractivity contribution < 1.29 is 30.2 Å². The molecule has 8 heteroatoms. The van der Waals surface area contributed by atoms with Crippen LogP contribution >= 0.6 is 0 Å². The maximum Gasteiger partial charge on any atom is 0.534 e. The second kappa shape index (κ2) is 6.43. The lowest BCUT2D eigenvalue weighted by Crippen LogP contribution is -2.28. The van der Waals surface area contributed by atoms with Crippen molar-refractivity contribution in [3.63, 3.8) is 0 Å². The molecule has 114 valence electrons. The minimum absolute atomic E-state index is 0.315. The molecule has 1 aromatic rings. The Balaban J connectivity index is 2.83. The third kappa shape index (κ3) is 4.36. The molecule has 1 rings (SSSR count). The highest BCUT2D eigenvalue weighted by Gasteiger charge is 2.48. The zero-order valence-corrected chi connectivity index (χ0v) is 11.5. The Morgan fingerprint density at radius 3 is 2.35 bits per heavy atom. The van der Waals surface area contributed by atoms with Crippen molar-refractivity contribution in [2.45, 2.75) is 38.1 Å². The summed E-state index contributed by atoms with van der Waals surface area (Å²) in [5.41, 5.74) is -5.22. The molecule has 0 radical (unpaired) electrons. The van der Waals surface area contributed by atoms with Gasteiger partial charge in [-0.2, -0.15) is 21.6 Å². The van der Waals surface area contributed by atoms with Crippen molar-refractivity contribution in [1.29, 1.82) is 0 Å². The van der Waals surface area contributed by atoms with Crippen LogP contribution in [0.3, 0.4) is 0 Å². The van der Waals surface area contributed by atoms with E-state index in [2.05, 4.69) is 4.18 Å². The van der Waals surface area contributed by atoms with Crippen molar-refractivity contribution in [3.8, 4) is 5.75 Å². The first-order valence-corrected chi connectivity index (χ1v) is 7.37. The summed E-state index contributed by atoms with van der Waals surface area (Å²) in [6.45, 7) is 1.98. The van der Waals surface area contributed by atoms with Gasteiger partial charge in [-0.05, 0) is 24.5 Å². The Morgan fingerprint density at radius 1 is 1.20 bits per heavy atom. The fraction of sp³-hybridized carbons (Fsp3) is 0.500. The Labute approximate surface area is 114 Å². The largest absolute Gasteiger partial charge is 0.534 e. The molecule has 0 fully saturated rings. The number of hydrogen-bond donors (Lipinski definition) is 0. The molecule has 0 saturated carbocycles. The molecule has 0 saturated heterocycles. The smallest absolute Gasteiger partial charge is 0.376 e. The summed E-state index contributed by atoms with van der Waals surface area (Å²) in [5.74, 6) is -1.48. The maximum absolute atomic E-state index is 13.6. The van der Waals surface area contributed by atoms with Crippen LogP contribution in [-0.4, -0.2) is 13.9 Å².